The van der Waals surface area contributed by atoms with Crippen molar-refractivity contribution < 1.29 is 4.79 Å². The lowest BCUT2D eigenvalue weighted by Crippen LogP contribution is -2.24. The number of nitrogen functional groups attached to an aromatic ring is 1. The lowest BCUT2D eigenvalue weighted by atomic mass is 10.0. The summed E-state index contributed by atoms with van der Waals surface area (Å²) < 4.78 is 0. The summed E-state index contributed by atoms with van der Waals surface area (Å²) in [7, 11) is 0. The number of hydrogen-bond donors (Lipinski definition) is 1. The van der Waals surface area contributed by atoms with Gasteiger partial charge in [0.05, 0.1) is 5.56 Å². The van der Waals surface area contributed by atoms with E-state index in [9.17, 15) is 4.79 Å². The molecular formula is C12H18N4O. The highest BCUT2D eigenvalue weighted by molar-refractivity contribution is 5.98. The molecule has 1 aromatic rings. The number of hydrogen-bond acceptors (Lipinski definition) is 5. The molecule has 0 spiro atoms. The van der Waals surface area contributed by atoms with Gasteiger partial charge in [-0.15, -0.1) is 0 Å². The number of nitrogens with zero attached hydrogens (tertiary/aromatic N) is 3. The molecule has 2 N–H and O–H groups in total. The van der Waals surface area contributed by atoms with E-state index in [4.69, 9.17) is 5.73 Å². The number of rotatable bonds is 2. The monoisotopic (exact) mass is 234 g/mol. The van der Waals surface area contributed by atoms with Gasteiger partial charge in [-0.1, -0.05) is 13.8 Å². The first-order chi connectivity index (χ1) is 7.99. The van der Waals surface area contributed by atoms with Crippen LogP contribution in [-0.2, 0) is 0 Å². The van der Waals surface area contributed by atoms with Gasteiger partial charge < -0.3 is 10.6 Å². The van der Waals surface area contributed by atoms with Crippen LogP contribution in [0.1, 0.15) is 31.1 Å². The fourth-order valence-electron chi connectivity index (χ4n) is 2.18. The van der Waals surface area contributed by atoms with E-state index < -0.39 is 0 Å². The van der Waals surface area contributed by atoms with Crippen molar-refractivity contribution in [3.8, 4) is 0 Å². The van der Waals surface area contributed by atoms with Crippen molar-refractivity contribution in [1.29, 1.82) is 0 Å². The molecule has 17 heavy (non-hydrogen) atoms. The van der Waals surface area contributed by atoms with E-state index in [0.717, 1.165) is 13.1 Å². The Hall–Kier alpha value is -1.65. The SMILES string of the molecule is CC(=O)c1cnc(N)nc1N1CC(C)C(C)C1. The Kier molecular flexibility index (Phi) is 3.00. The number of carbonyl (C=O) groups is 1. The maximum Gasteiger partial charge on any atom is 0.221 e. The van der Waals surface area contributed by atoms with Crippen LogP contribution >= 0.6 is 0 Å². The number of ketones is 1. The maximum absolute atomic E-state index is 11.5. The molecule has 2 rings (SSSR count). The fourth-order valence-corrected chi connectivity index (χ4v) is 2.18. The predicted octanol–water partition coefficient (Wildman–Crippen LogP) is 1.35. The quantitative estimate of drug-likeness (QED) is 0.782. The Bertz CT molecular complexity index is 436. The number of nitrogens with two attached hydrogens (primary N) is 1. The third-order valence-electron chi connectivity index (χ3n) is 3.45. The summed E-state index contributed by atoms with van der Waals surface area (Å²) in [6.45, 7) is 7.78. The van der Waals surface area contributed by atoms with E-state index in [2.05, 4.69) is 28.7 Å². The summed E-state index contributed by atoms with van der Waals surface area (Å²) in [5.41, 5.74) is 6.16. The predicted molar refractivity (Wildman–Crippen MR) is 67.0 cm³/mol. The molecule has 5 heteroatoms. The summed E-state index contributed by atoms with van der Waals surface area (Å²) in [5.74, 6) is 2.09. The average Bonchev–Trinajstić information content (AvgIpc) is 2.58. The molecule has 0 amide bonds. The van der Waals surface area contributed by atoms with Crippen molar-refractivity contribution >= 4 is 17.5 Å². The van der Waals surface area contributed by atoms with E-state index in [0.29, 0.717) is 23.2 Å². The van der Waals surface area contributed by atoms with Crippen LogP contribution in [0.3, 0.4) is 0 Å². The third kappa shape index (κ3) is 2.23. The normalized spacial score (nSPS) is 24.1. The summed E-state index contributed by atoms with van der Waals surface area (Å²) in [6, 6.07) is 0. The van der Waals surface area contributed by atoms with Crippen LogP contribution in [0.15, 0.2) is 6.20 Å². The van der Waals surface area contributed by atoms with Gasteiger partial charge in [0.1, 0.15) is 5.82 Å². The first-order valence-corrected chi connectivity index (χ1v) is 5.87. The zero-order valence-corrected chi connectivity index (χ0v) is 10.5. The molecule has 1 aromatic heterocycles. The lowest BCUT2D eigenvalue weighted by molar-refractivity contribution is 0.101. The molecule has 0 aliphatic carbocycles. The molecule has 2 heterocycles. The summed E-state index contributed by atoms with van der Waals surface area (Å²) in [6.07, 6.45) is 1.52. The summed E-state index contributed by atoms with van der Waals surface area (Å²) in [4.78, 5) is 21.8. The standard InChI is InChI=1S/C12H18N4O/c1-7-5-16(6-8(7)2)11-10(9(3)17)4-14-12(13)15-11/h4,7-8H,5-6H2,1-3H3,(H2,13,14,15). The molecule has 92 valence electrons. The smallest absolute Gasteiger partial charge is 0.221 e. The molecule has 1 aliphatic heterocycles. The third-order valence-corrected chi connectivity index (χ3v) is 3.45. The van der Waals surface area contributed by atoms with E-state index >= 15 is 0 Å². The highest BCUT2D eigenvalue weighted by atomic mass is 16.1. The van der Waals surface area contributed by atoms with Gasteiger partial charge in [-0.25, -0.2) is 4.98 Å². The summed E-state index contributed by atoms with van der Waals surface area (Å²) in [5, 5.41) is 0. The van der Waals surface area contributed by atoms with Gasteiger partial charge in [0, 0.05) is 19.3 Å². The Morgan fingerprint density at radius 1 is 1.41 bits per heavy atom. The first kappa shape index (κ1) is 11.8. The van der Waals surface area contributed by atoms with E-state index in [1.165, 1.54) is 13.1 Å². The molecule has 1 saturated heterocycles. The van der Waals surface area contributed by atoms with Crippen molar-refractivity contribution in [2.75, 3.05) is 23.7 Å². The zero-order valence-electron chi connectivity index (χ0n) is 10.5. The molecule has 1 aliphatic rings. The molecule has 1 fully saturated rings. The minimum Gasteiger partial charge on any atom is -0.368 e. The van der Waals surface area contributed by atoms with Gasteiger partial charge >= 0.3 is 0 Å². The Morgan fingerprint density at radius 2 is 2.00 bits per heavy atom. The largest absolute Gasteiger partial charge is 0.368 e. The van der Waals surface area contributed by atoms with E-state index in [1.807, 2.05) is 0 Å². The molecule has 0 bridgehead atoms. The van der Waals surface area contributed by atoms with Gasteiger partial charge in [0.25, 0.3) is 0 Å². The molecule has 2 unspecified atom stereocenters. The lowest BCUT2D eigenvalue weighted by Gasteiger charge is -2.19. The van der Waals surface area contributed by atoms with Crippen molar-refractivity contribution in [2.24, 2.45) is 11.8 Å². The Balaban J connectivity index is 2.37. The van der Waals surface area contributed by atoms with Crippen molar-refractivity contribution in [1.82, 2.24) is 9.97 Å². The first-order valence-electron chi connectivity index (χ1n) is 5.87. The number of aromatic nitrogens is 2. The number of carbonyl (C=O) groups excluding carboxylic acids is 1. The van der Waals surface area contributed by atoms with E-state index in [1.54, 1.807) is 0 Å². The van der Waals surface area contributed by atoms with Gasteiger partial charge in [0.2, 0.25) is 5.95 Å². The summed E-state index contributed by atoms with van der Waals surface area (Å²) >= 11 is 0. The van der Waals surface area contributed by atoms with Gasteiger partial charge in [-0.05, 0) is 18.8 Å². The minimum absolute atomic E-state index is 0.0211. The maximum atomic E-state index is 11.5. The van der Waals surface area contributed by atoms with Gasteiger partial charge in [0.15, 0.2) is 5.78 Å². The van der Waals surface area contributed by atoms with Gasteiger partial charge in [-0.2, -0.15) is 4.98 Å². The molecule has 0 aromatic carbocycles. The number of Topliss-reactive ketones (excluding diaryl/α,β-unsaturated/α-hetero) is 1. The van der Waals surface area contributed by atoms with Crippen LogP contribution in [0.5, 0.6) is 0 Å². The molecule has 0 saturated carbocycles. The number of anilines is 2. The average molecular weight is 234 g/mol. The van der Waals surface area contributed by atoms with Crippen molar-refractivity contribution in [3.63, 3.8) is 0 Å². The van der Waals surface area contributed by atoms with Crippen LogP contribution in [0.2, 0.25) is 0 Å². The molecule has 2 atom stereocenters. The minimum atomic E-state index is -0.0211. The Labute approximate surface area is 101 Å². The zero-order chi connectivity index (χ0) is 12.6. The van der Waals surface area contributed by atoms with Crippen LogP contribution in [-0.4, -0.2) is 28.8 Å². The molecular weight excluding hydrogens is 216 g/mol. The van der Waals surface area contributed by atoms with Crippen molar-refractivity contribution in [3.05, 3.63) is 11.8 Å². The second-order valence-corrected chi connectivity index (χ2v) is 4.88. The molecule has 0 radical (unpaired) electrons. The van der Waals surface area contributed by atoms with Crippen LogP contribution in [0, 0.1) is 11.8 Å². The Morgan fingerprint density at radius 3 is 2.53 bits per heavy atom. The highest BCUT2D eigenvalue weighted by Crippen LogP contribution is 2.28. The van der Waals surface area contributed by atoms with E-state index in [-0.39, 0.29) is 11.7 Å². The topological polar surface area (TPSA) is 72.1 Å². The van der Waals surface area contributed by atoms with Crippen LogP contribution in [0.4, 0.5) is 11.8 Å². The highest BCUT2D eigenvalue weighted by Gasteiger charge is 2.29. The van der Waals surface area contributed by atoms with Crippen LogP contribution < -0.4 is 10.6 Å². The molecule has 5 nitrogen and oxygen atoms in total. The van der Waals surface area contributed by atoms with Crippen molar-refractivity contribution in [2.45, 2.75) is 20.8 Å². The second kappa shape index (κ2) is 4.31. The van der Waals surface area contributed by atoms with Gasteiger partial charge in [-0.3, -0.25) is 4.79 Å². The fraction of sp³-hybridized carbons (Fsp3) is 0.583. The van der Waals surface area contributed by atoms with Crippen LogP contribution in [0.25, 0.3) is 0 Å². The second-order valence-electron chi connectivity index (χ2n) is 4.88.